The Morgan fingerprint density at radius 1 is 1.14 bits per heavy atom. The highest BCUT2D eigenvalue weighted by Crippen LogP contribution is 2.25. The Morgan fingerprint density at radius 2 is 1.95 bits per heavy atom. The Morgan fingerprint density at radius 3 is 2.67 bits per heavy atom. The van der Waals surface area contributed by atoms with E-state index in [2.05, 4.69) is 28.6 Å². The number of pyridine rings is 1. The molecule has 3 rings (SSSR count). The third-order valence-corrected chi connectivity index (χ3v) is 3.71. The van der Waals surface area contributed by atoms with Crippen molar-refractivity contribution < 1.29 is 0 Å². The highest BCUT2D eigenvalue weighted by molar-refractivity contribution is 5.76. The summed E-state index contributed by atoms with van der Waals surface area (Å²) in [5.74, 6) is 1.08. The number of aryl methyl sites for hydroxylation is 1. The number of nitrogens with zero attached hydrogens (tertiary/aromatic N) is 3. The molecule has 4 heteroatoms. The van der Waals surface area contributed by atoms with Crippen molar-refractivity contribution in [3.8, 4) is 0 Å². The van der Waals surface area contributed by atoms with Crippen molar-refractivity contribution in [2.24, 2.45) is 5.73 Å². The number of aromatic nitrogens is 3. The average molecular weight is 280 g/mol. The van der Waals surface area contributed by atoms with Gasteiger partial charge in [-0.1, -0.05) is 25.1 Å². The number of hydrogen-bond acceptors (Lipinski definition) is 3. The molecule has 0 aliphatic heterocycles. The molecule has 0 bridgehead atoms. The van der Waals surface area contributed by atoms with Gasteiger partial charge >= 0.3 is 0 Å². The number of benzene rings is 1. The molecule has 2 aromatic heterocycles. The monoisotopic (exact) mass is 280 g/mol. The van der Waals surface area contributed by atoms with E-state index >= 15 is 0 Å². The molecule has 2 N–H and O–H groups in total. The topological polar surface area (TPSA) is 56.7 Å². The minimum atomic E-state index is 0.0279. The van der Waals surface area contributed by atoms with E-state index in [1.807, 2.05) is 36.5 Å². The highest BCUT2D eigenvalue weighted by Gasteiger charge is 2.19. The van der Waals surface area contributed by atoms with Gasteiger partial charge in [0, 0.05) is 19.2 Å². The van der Waals surface area contributed by atoms with Crippen LogP contribution in [0.3, 0.4) is 0 Å². The normalized spacial score (nSPS) is 12.7. The summed E-state index contributed by atoms with van der Waals surface area (Å²) in [6.45, 7) is 2.68. The van der Waals surface area contributed by atoms with Crippen molar-refractivity contribution >= 4 is 11.0 Å². The third-order valence-electron chi connectivity index (χ3n) is 3.71. The van der Waals surface area contributed by atoms with E-state index in [0.717, 1.165) is 35.4 Å². The second-order valence-corrected chi connectivity index (χ2v) is 5.14. The number of nitrogens with two attached hydrogens (primary N) is 1. The first-order chi connectivity index (χ1) is 10.3. The molecule has 0 spiro atoms. The van der Waals surface area contributed by atoms with Gasteiger partial charge in [-0.2, -0.15) is 0 Å². The fourth-order valence-corrected chi connectivity index (χ4v) is 2.77. The van der Waals surface area contributed by atoms with Crippen LogP contribution < -0.4 is 5.73 Å². The summed E-state index contributed by atoms with van der Waals surface area (Å²) in [7, 11) is 0. The van der Waals surface area contributed by atoms with Gasteiger partial charge in [-0.05, 0) is 30.7 Å². The number of rotatable bonds is 5. The fourth-order valence-electron chi connectivity index (χ4n) is 2.77. The Kier molecular flexibility index (Phi) is 3.97. The van der Waals surface area contributed by atoms with Gasteiger partial charge < -0.3 is 10.3 Å². The number of para-hydroxylation sites is 2. The van der Waals surface area contributed by atoms with Gasteiger partial charge in [0.25, 0.3) is 0 Å². The highest BCUT2D eigenvalue weighted by atomic mass is 15.1. The largest absolute Gasteiger partial charge is 0.328 e. The van der Waals surface area contributed by atoms with E-state index in [0.29, 0.717) is 6.54 Å². The molecule has 4 nitrogen and oxygen atoms in total. The predicted molar refractivity (Wildman–Crippen MR) is 85.2 cm³/mol. The lowest BCUT2D eigenvalue weighted by atomic mass is 10.1. The smallest absolute Gasteiger partial charge is 0.110 e. The number of fused-ring (bicyclic) bond motifs is 1. The predicted octanol–water partition coefficient (Wildman–Crippen LogP) is 2.93. The molecule has 0 radical (unpaired) electrons. The summed E-state index contributed by atoms with van der Waals surface area (Å²) in [4.78, 5) is 9.26. The van der Waals surface area contributed by atoms with Crippen molar-refractivity contribution in [1.82, 2.24) is 14.5 Å². The van der Waals surface area contributed by atoms with Crippen molar-refractivity contribution in [3.63, 3.8) is 0 Å². The van der Waals surface area contributed by atoms with Gasteiger partial charge in [0.1, 0.15) is 5.82 Å². The molecular formula is C17H20N4. The Bertz CT molecular complexity index is 718. The van der Waals surface area contributed by atoms with Crippen LogP contribution in [0.1, 0.15) is 30.9 Å². The first kappa shape index (κ1) is 13.8. The molecule has 3 aromatic rings. The van der Waals surface area contributed by atoms with Crippen LogP contribution in [-0.2, 0) is 6.42 Å². The van der Waals surface area contributed by atoms with Gasteiger partial charge in [-0.25, -0.2) is 4.98 Å². The molecule has 2 heterocycles. The molecule has 0 saturated carbocycles. The molecule has 0 aliphatic rings. The van der Waals surface area contributed by atoms with Crippen LogP contribution in [0.5, 0.6) is 0 Å². The van der Waals surface area contributed by atoms with Gasteiger partial charge in [0.2, 0.25) is 0 Å². The van der Waals surface area contributed by atoms with Crippen LogP contribution >= 0.6 is 0 Å². The minimum Gasteiger partial charge on any atom is -0.328 e. The first-order valence-corrected chi connectivity index (χ1v) is 7.42. The van der Waals surface area contributed by atoms with Gasteiger partial charge in [-0.15, -0.1) is 0 Å². The SMILES string of the molecule is CCCc1nc2ccccc2n1C(CN)c1ccccn1. The summed E-state index contributed by atoms with van der Waals surface area (Å²) in [5.41, 5.74) is 9.20. The summed E-state index contributed by atoms with van der Waals surface area (Å²) in [6.07, 6.45) is 3.82. The Labute approximate surface area is 124 Å². The zero-order chi connectivity index (χ0) is 14.7. The maximum Gasteiger partial charge on any atom is 0.110 e. The zero-order valence-corrected chi connectivity index (χ0v) is 12.2. The van der Waals surface area contributed by atoms with Crippen molar-refractivity contribution in [3.05, 3.63) is 60.2 Å². The zero-order valence-electron chi connectivity index (χ0n) is 12.2. The molecule has 1 unspecified atom stereocenters. The summed E-state index contributed by atoms with van der Waals surface area (Å²) in [5, 5.41) is 0. The first-order valence-electron chi connectivity index (χ1n) is 7.42. The molecule has 1 atom stereocenters. The standard InChI is InChI=1S/C17H20N4/c1-2-7-17-20-14-9-3-4-10-15(14)21(17)16(12-18)13-8-5-6-11-19-13/h3-6,8-11,16H,2,7,12,18H2,1H3. The van der Waals surface area contributed by atoms with E-state index in [1.165, 1.54) is 0 Å². The minimum absolute atomic E-state index is 0.0279. The molecule has 0 fully saturated rings. The summed E-state index contributed by atoms with van der Waals surface area (Å²) in [6, 6.07) is 14.2. The van der Waals surface area contributed by atoms with E-state index in [4.69, 9.17) is 10.7 Å². The van der Waals surface area contributed by atoms with Crippen LogP contribution in [-0.4, -0.2) is 21.1 Å². The maximum absolute atomic E-state index is 6.06. The van der Waals surface area contributed by atoms with Crippen LogP contribution in [0.4, 0.5) is 0 Å². The fraction of sp³-hybridized carbons (Fsp3) is 0.294. The maximum atomic E-state index is 6.06. The third kappa shape index (κ3) is 2.54. The van der Waals surface area contributed by atoms with E-state index in [9.17, 15) is 0 Å². The lowest BCUT2D eigenvalue weighted by molar-refractivity contribution is 0.563. The summed E-state index contributed by atoms with van der Waals surface area (Å²) >= 11 is 0. The van der Waals surface area contributed by atoms with Crippen molar-refractivity contribution in [2.75, 3.05) is 6.54 Å². The molecule has 0 saturated heterocycles. The van der Waals surface area contributed by atoms with E-state index < -0.39 is 0 Å². The Hall–Kier alpha value is -2.20. The number of imidazole rings is 1. The van der Waals surface area contributed by atoms with Crippen LogP contribution in [0.15, 0.2) is 48.7 Å². The molecule has 0 amide bonds. The van der Waals surface area contributed by atoms with Crippen molar-refractivity contribution in [1.29, 1.82) is 0 Å². The lowest BCUT2D eigenvalue weighted by Gasteiger charge is -2.19. The molecule has 21 heavy (non-hydrogen) atoms. The number of hydrogen-bond donors (Lipinski definition) is 1. The van der Waals surface area contributed by atoms with E-state index in [1.54, 1.807) is 0 Å². The van der Waals surface area contributed by atoms with Crippen LogP contribution in [0.2, 0.25) is 0 Å². The van der Waals surface area contributed by atoms with Crippen molar-refractivity contribution in [2.45, 2.75) is 25.8 Å². The average Bonchev–Trinajstić information content (AvgIpc) is 2.88. The molecule has 0 aliphatic carbocycles. The van der Waals surface area contributed by atoms with Crippen LogP contribution in [0.25, 0.3) is 11.0 Å². The lowest BCUT2D eigenvalue weighted by Crippen LogP contribution is -2.23. The quantitative estimate of drug-likeness (QED) is 0.781. The molecule has 108 valence electrons. The Balaban J connectivity index is 2.18. The van der Waals surface area contributed by atoms with Crippen LogP contribution in [0, 0.1) is 0 Å². The summed E-state index contributed by atoms with van der Waals surface area (Å²) < 4.78 is 2.25. The second-order valence-electron chi connectivity index (χ2n) is 5.14. The van der Waals surface area contributed by atoms with Gasteiger partial charge in [-0.3, -0.25) is 4.98 Å². The van der Waals surface area contributed by atoms with Gasteiger partial charge in [0.15, 0.2) is 0 Å². The second kappa shape index (κ2) is 6.06. The van der Waals surface area contributed by atoms with E-state index in [-0.39, 0.29) is 6.04 Å². The molecular weight excluding hydrogens is 260 g/mol. The molecule has 1 aromatic carbocycles. The van der Waals surface area contributed by atoms with Gasteiger partial charge in [0.05, 0.1) is 22.8 Å².